The van der Waals surface area contributed by atoms with Crippen LogP contribution in [0.15, 0.2) is 48.5 Å². The highest BCUT2D eigenvalue weighted by atomic mass is 35.5. The first-order chi connectivity index (χ1) is 13.8. The van der Waals surface area contributed by atoms with Crippen LogP contribution in [0.1, 0.15) is 22.8 Å². The third-order valence-corrected chi connectivity index (χ3v) is 4.06. The molecular weight excluding hydrogens is 398 g/mol. The highest BCUT2D eigenvalue weighted by Gasteiger charge is 2.18. The molecule has 0 saturated heterocycles. The molecule has 152 valence electrons. The molecule has 7 nitrogen and oxygen atoms in total. The van der Waals surface area contributed by atoms with Crippen molar-refractivity contribution in [2.45, 2.75) is 13.0 Å². The number of methoxy groups -OCH3 is 2. The van der Waals surface area contributed by atoms with Gasteiger partial charge in [0.25, 0.3) is 5.91 Å². The average Bonchev–Trinajstić information content (AvgIpc) is 2.72. The molecule has 8 heteroatoms. The van der Waals surface area contributed by atoms with Crippen LogP contribution in [0.2, 0.25) is 5.02 Å². The number of hydrogen-bond donors (Lipinski definition) is 1. The number of amides is 1. The smallest absolute Gasteiger partial charge is 0.337 e. The van der Waals surface area contributed by atoms with E-state index >= 15 is 0 Å². The Morgan fingerprint density at radius 1 is 1.07 bits per heavy atom. The average molecular weight is 418 g/mol. The summed E-state index contributed by atoms with van der Waals surface area (Å²) in [6, 6.07) is 11.2. The van der Waals surface area contributed by atoms with E-state index in [9.17, 15) is 14.4 Å². The number of ether oxygens (including phenoxy) is 3. The molecular formula is C21H20ClNO6. The van der Waals surface area contributed by atoms with Gasteiger partial charge in [0.1, 0.15) is 5.75 Å². The molecule has 0 aliphatic carbocycles. The molecule has 0 aliphatic rings. The summed E-state index contributed by atoms with van der Waals surface area (Å²) in [5, 5.41) is 3.03. The third-order valence-electron chi connectivity index (χ3n) is 3.83. The summed E-state index contributed by atoms with van der Waals surface area (Å²) in [4.78, 5) is 35.6. The standard InChI is InChI=1S/C21H20ClNO6/c1-13(20(25)23-17-12-16(22)9-10-18(17)27-2)29-19(24)11-6-14-4-7-15(8-5-14)21(26)28-3/h4-13H,1-3H3,(H,23,25)/b11-6+/t13-/m1/s1. The van der Waals surface area contributed by atoms with Gasteiger partial charge in [-0.3, -0.25) is 4.79 Å². The lowest BCUT2D eigenvalue weighted by molar-refractivity contribution is -0.148. The highest BCUT2D eigenvalue weighted by molar-refractivity contribution is 6.31. The summed E-state index contributed by atoms with van der Waals surface area (Å²) in [5.41, 5.74) is 1.44. The van der Waals surface area contributed by atoms with E-state index in [1.54, 1.807) is 36.4 Å². The number of hydrogen-bond acceptors (Lipinski definition) is 6. The normalized spacial score (nSPS) is 11.6. The Bertz CT molecular complexity index is 923. The van der Waals surface area contributed by atoms with Crippen molar-refractivity contribution < 1.29 is 28.6 Å². The highest BCUT2D eigenvalue weighted by Crippen LogP contribution is 2.27. The van der Waals surface area contributed by atoms with Crippen molar-refractivity contribution in [3.63, 3.8) is 0 Å². The number of rotatable bonds is 7. The summed E-state index contributed by atoms with van der Waals surface area (Å²) in [7, 11) is 2.76. The van der Waals surface area contributed by atoms with Crippen LogP contribution in [0.25, 0.3) is 6.08 Å². The van der Waals surface area contributed by atoms with E-state index in [2.05, 4.69) is 10.1 Å². The molecule has 0 aliphatic heterocycles. The van der Waals surface area contributed by atoms with Crippen LogP contribution in [0.4, 0.5) is 5.69 Å². The molecule has 0 spiro atoms. The largest absolute Gasteiger partial charge is 0.495 e. The Kier molecular flexibility index (Phi) is 7.79. The van der Waals surface area contributed by atoms with Gasteiger partial charge in [-0.25, -0.2) is 9.59 Å². The van der Waals surface area contributed by atoms with Gasteiger partial charge in [0.2, 0.25) is 0 Å². The number of carbonyl (C=O) groups excluding carboxylic acids is 3. The summed E-state index contributed by atoms with van der Waals surface area (Å²) >= 11 is 5.93. The van der Waals surface area contributed by atoms with Crippen LogP contribution in [0, 0.1) is 0 Å². The maximum absolute atomic E-state index is 12.3. The molecule has 29 heavy (non-hydrogen) atoms. The second kappa shape index (κ2) is 10.3. The fraction of sp³-hybridized carbons (Fsp3) is 0.190. The van der Waals surface area contributed by atoms with Crippen molar-refractivity contribution in [2.75, 3.05) is 19.5 Å². The summed E-state index contributed by atoms with van der Waals surface area (Å²) < 4.78 is 14.9. The molecule has 0 bridgehead atoms. The molecule has 1 N–H and O–H groups in total. The Hall–Kier alpha value is -3.32. The predicted octanol–water partition coefficient (Wildman–Crippen LogP) is 3.72. The summed E-state index contributed by atoms with van der Waals surface area (Å²) in [6.45, 7) is 1.45. The number of nitrogens with one attached hydrogen (secondary N) is 1. The van der Waals surface area contributed by atoms with Gasteiger partial charge in [-0.1, -0.05) is 23.7 Å². The Balaban J connectivity index is 1.94. The van der Waals surface area contributed by atoms with Gasteiger partial charge in [0, 0.05) is 11.1 Å². The zero-order valence-corrected chi connectivity index (χ0v) is 16.9. The van der Waals surface area contributed by atoms with Crippen LogP contribution in [0.5, 0.6) is 5.75 Å². The van der Waals surface area contributed by atoms with Gasteiger partial charge in [-0.05, 0) is 48.9 Å². The minimum Gasteiger partial charge on any atom is -0.495 e. The van der Waals surface area contributed by atoms with E-state index in [1.807, 2.05) is 0 Å². The maximum atomic E-state index is 12.3. The second-order valence-electron chi connectivity index (χ2n) is 5.86. The fourth-order valence-corrected chi connectivity index (χ4v) is 2.46. The van der Waals surface area contributed by atoms with Crippen LogP contribution < -0.4 is 10.1 Å². The minimum atomic E-state index is -1.04. The minimum absolute atomic E-state index is 0.370. The predicted molar refractivity (Wildman–Crippen MR) is 109 cm³/mol. The van der Waals surface area contributed by atoms with Crippen LogP contribution in [0.3, 0.4) is 0 Å². The zero-order valence-electron chi connectivity index (χ0n) is 16.1. The van der Waals surface area contributed by atoms with Crippen LogP contribution >= 0.6 is 11.6 Å². The molecule has 0 fully saturated rings. The molecule has 0 unspecified atom stereocenters. The van der Waals surface area contributed by atoms with Crippen molar-refractivity contribution in [1.29, 1.82) is 0 Å². The number of halogens is 1. The van der Waals surface area contributed by atoms with Gasteiger partial charge >= 0.3 is 11.9 Å². The van der Waals surface area contributed by atoms with E-state index < -0.39 is 23.9 Å². The molecule has 0 heterocycles. The molecule has 2 aromatic rings. The number of carbonyl (C=O) groups is 3. The Labute approximate surface area is 173 Å². The van der Waals surface area contributed by atoms with Crippen LogP contribution in [-0.2, 0) is 19.1 Å². The van der Waals surface area contributed by atoms with E-state index in [4.69, 9.17) is 21.1 Å². The SMILES string of the molecule is COC(=O)c1ccc(/C=C/C(=O)O[C@H](C)C(=O)Nc2cc(Cl)ccc2OC)cc1. The molecule has 1 atom stereocenters. The van der Waals surface area contributed by atoms with Gasteiger partial charge in [-0.2, -0.15) is 0 Å². The van der Waals surface area contributed by atoms with E-state index in [-0.39, 0.29) is 0 Å². The van der Waals surface area contributed by atoms with Crippen molar-refractivity contribution in [3.05, 3.63) is 64.7 Å². The molecule has 0 saturated carbocycles. The molecule has 1 amide bonds. The van der Waals surface area contributed by atoms with Crippen molar-refractivity contribution in [2.24, 2.45) is 0 Å². The monoisotopic (exact) mass is 417 g/mol. The zero-order chi connectivity index (χ0) is 21.4. The molecule has 2 aromatic carbocycles. The fourth-order valence-electron chi connectivity index (χ4n) is 2.29. The van der Waals surface area contributed by atoms with Crippen molar-refractivity contribution in [1.82, 2.24) is 0 Å². The number of esters is 2. The number of anilines is 1. The van der Waals surface area contributed by atoms with Gasteiger partial charge < -0.3 is 19.5 Å². The van der Waals surface area contributed by atoms with Crippen LogP contribution in [-0.4, -0.2) is 38.2 Å². The Morgan fingerprint density at radius 2 is 1.76 bits per heavy atom. The Morgan fingerprint density at radius 3 is 2.38 bits per heavy atom. The third kappa shape index (κ3) is 6.36. The topological polar surface area (TPSA) is 90.9 Å². The van der Waals surface area contributed by atoms with Crippen molar-refractivity contribution in [3.8, 4) is 5.75 Å². The first kappa shape index (κ1) is 22.0. The summed E-state index contributed by atoms with van der Waals surface area (Å²) in [5.74, 6) is -1.25. The lowest BCUT2D eigenvalue weighted by Crippen LogP contribution is -2.29. The van der Waals surface area contributed by atoms with E-state index in [0.29, 0.717) is 27.6 Å². The van der Waals surface area contributed by atoms with Crippen molar-refractivity contribution >= 4 is 41.2 Å². The quantitative estimate of drug-likeness (QED) is 0.545. The molecule has 0 aromatic heterocycles. The molecule has 0 radical (unpaired) electrons. The first-order valence-corrected chi connectivity index (χ1v) is 8.93. The lowest BCUT2D eigenvalue weighted by Gasteiger charge is -2.14. The number of benzene rings is 2. The summed E-state index contributed by atoms with van der Waals surface area (Å²) in [6.07, 6.45) is 1.66. The van der Waals surface area contributed by atoms with E-state index in [0.717, 1.165) is 0 Å². The van der Waals surface area contributed by atoms with Gasteiger partial charge in [0.05, 0.1) is 25.5 Å². The molecule has 2 rings (SSSR count). The first-order valence-electron chi connectivity index (χ1n) is 8.55. The van der Waals surface area contributed by atoms with Gasteiger partial charge in [-0.15, -0.1) is 0 Å². The maximum Gasteiger partial charge on any atom is 0.337 e. The van der Waals surface area contributed by atoms with Gasteiger partial charge in [0.15, 0.2) is 6.10 Å². The van der Waals surface area contributed by atoms with E-state index in [1.165, 1.54) is 39.4 Å². The lowest BCUT2D eigenvalue weighted by atomic mass is 10.1. The second-order valence-corrected chi connectivity index (χ2v) is 6.30.